The molecule has 0 aliphatic heterocycles. The summed E-state index contributed by atoms with van der Waals surface area (Å²) in [6, 6.07) is 14.6. The van der Waals surface area contributed by atoms with Crippen LogP contribution in [-0.2, 0) is 12.6 Å². The van der Waals surface area contributed by atoms with Crippen molar-refractivity contribution in [2.75, 3.05) is 5.73 Å². The molecular formula is C29H21F3N6O3. The fourth-order valence-electron chi connectivity index (χ4n) is 5.07. The number of aromatic hydroxyl groups is 1. The van der Waals surface area contributed by atoms with Gasteiger partial charge in [-0.2, -0.15) is 13.2 Å². The molecule has 0 spiro atoms. The molecule has 0 saturated carbocycles. The number of phenols is 1. The van der Waals surface area contributed by atoms with Gasteiger partial charge in [-0.3, -0.25) is 14.2 Å². The molecule has 0 unspecified atom stereocenters. The van der Waals surface area contributed by atoms with E-state index in [1.54, 1.807) is 18.2 Å². The first kappa shape index (κ1) is 26.0. The largest absolute Gasteiger partial charge is 0.507 e. The van der Waals surface area contributed by atoms with E-state index in [-0.39, 0.29) is 39.9 Å². The number of nitrogens with zero attached hydrogens (tertiary/aromatic N) is 4. The van der Waals surface area contributed by atoms with Crippen molar-refractivity contribution in [3.8, 4) is 22.8 Å². The van der Waals surface area contributed by atoms with Crippen molar-refractivity contribution in [2.24, 2.45) is 0 Å². The van der Waals surface area contributed by atoms with Crippen LogP contribution in [0, 0.1) is 0 Å². The number of benzene rings is 2. The van der Waals surface area contributed by atoms with E-state index in [1.165, 1.54) is 35.0 Å². The van der Waals surface area contributed by atoms with Crippen molar-refractivity contribution in [3.63, 3.8) is 0 Å². The Hall–Kier alpha value is -5.26. The smallest absolute Gasteiger partial charge is 0.433 e. The van der Waals surface area contributed by atoms with E-state index in [0.717, 1.165) is 17.2 Å². The number of hydrogen-bond acceptors (Lipinski definition) is 7. The number of phenolic OH excluding ortho intramolecular Hbond substituents is 1. The number of halogens is 3. The molecule has 0 bridgehead atoms. The molecule has 6 rings (SSSR count). The zero-order valence-corrected chi connectivity index (χ0v) is 21.2. The quantitative estimate of drug-likeness (QED) is 0.258. The zero-order valence-electron chi connectivity index (χ0n) is 21.2. The molecule has 5 aromatic rings. The Morgan fingerprint density at radius 1 is 1.10 bits per heavy atom. The fourth-order valence-corrected chi connectivity index (χ4v) is 5.07. The van der Waals surface area contributed by atoms with Crippen molar-refractivity contribution in [1.82, 2.24) is 24.8 Å². The van der Waals surface area contributed by atoms with Gasteiger partial charge in [0.25, 0.3) is 5.91 Å². The Kier molecular flexibility index (Phi) is 6.17. The highest BCUT2D eigenvalue weighted by atomic mass is 19.4. The van der Waals surface area contributed by atoms with Gasteiger partial charge in [0.1, 0.15) is 22.8 Å². The Balaban J connectivity index is 1.40. The Labute approximate surface area is 230 Å². The van der Waals surface area contributed by atoms with Crippen molar-refractivity contribution < 1.29 is 27.9 Å². The lowest BCUT2D eigenvalue weighted by atomic mass is 10.1. The first-order valence-electron chi connectivity index (χ1n) is 12.5. The number of nitrogens with two attached hydrogens (primary N) is 1. The topological polar surface area (TPSA) is 136 Å². The molecule has 1 atom stereocenters. The SMILES string of the molecule is Nc1ncccc1-c1nc2ccc(C(F)(F)F)nc2n1-c1ccc2c(c1)CC[C@@H]2NC(=O)c1ccc(O)c(C=O)c1. The number of hydrogen-bond donors (Lipinski definition) is 3. The summed E-state index contributed by atoms with van der Waals surface area (Å²) in [5, 5.41) is 12.7. The van der Waals surface area contributed by atoms with Crippen LogP contribution in [0.25, 0.3) is 28.2 Å². The van der Waals surface area contributed by atoms with Crippen LogP contribution in [0.1, 0.15) is 50.0 Å². The number of alkyl halides is 3. The van der Waals surface area contributed by atoms with Crippen molar-refractivity contribution in [2.45, 2.75) is 25.1 Å². The third-order valence-corrected chi connectivity index (χ3v) is 7.06. The van der Waals surface area contributed by atoms with Crippen molar-refractivity contribution in [1.29, 1.82) is 0 Å². The lowest BCUT2D eigenvalue weighted by Gasteiger charge is -2.16. The molecule has 41 heavy (non-hydrogen) atoms. The second kappa shape index (κ2) is 9.73. The number of pyridine rings is 2. The molecule has 1 aliphatic rings. The number of aromatic nitrogens is 4. The Bertz CT molecular complexity index is 1850. The van der Waals surface area contributed by atoms with Crippen LogP contribution in [0.15, 0.2) is 66.9 Å². The number of fused-ring (bicyclic) bond motifs is 2. The van der Waals surface area contributed by atoms with Gasteiger partial charge >= 0.3 is 6.18 Å². The molecule has 0 radical (unpaired) electrons. The third-order valence-electron chi connectivity index (χ3n) is 7.06. The fraction of sp³-hybridized carbons (Fsp3) is 0.138. The van der Waals surface area contributed by atoms with Crippen LogP contribution in [-0.4, -0.2) is 36.8 Å². The van der Waals surface area contributed by atoms with Gasteiger partial charge in [0.15, 0.2) is 17.8 Å². The van der Waals surface area contributed by atoms with Gasteiger partial charge in [-0.05, 0) is 78.6 Å². The molecule has 3 heterocycles. The maximum Gasteiger partial charge on any atom is 0.433 e. The predicted octanol–water partition coefficient (Wildman–Crippen LogP) is 5.02. The second-order valence-corrected chi connectivity index (χ2v) is 9.58. The number of carbonyl (C=O) groups is 2. The number of aryl methyl sites for hydroxylation is 1. The molecule has 4 N–H and O–H groups in total. The minimum atomic E-state index is -4.65. The Morgan fingerprint density at radius 2 is 1.93 bits per heavy atom. The molecule has 3 aromatic heterocycles. The molecule has 1 aliphatic carbocycles. The van der Waals surface area contributed by atoms with E-state index >= 15 is 0 Å². The molecule has 0 fully saturated rings. The summed E-state index contributed by atoms with van der Waals surface area (Å²) < 4.78 is 42.2. The monoisotopic (exact) mass is 558 g/mol. The van der Waals surface area contributed by atoms with E-state index in [4.69, 9.17) is 5.73 Å². The number of imidazole rings is 1. The summed E-state index contributed by atoms with van der Waals surface area (Å²) in [7, 11) is 0. The summed E-state index contributed by atoms with van der Waals surface area (Å²) in [6.45, 7) is 0. The molecule has 0 saturated heterocycles. The summed E-state index contributed by atoms with van der Waals surface area (Å²) >= 11 is 0. The van der Waals surface area contributed by atoms with Gasteiger partial charge in [-0.25, -0.2) is 15.0 Å². The van der Waals surface area contributed by atoms with Crippen LogP contribution >= 0.6 is 0 Å². The molecule has 1 amide bonds. The van der Waals surface area contributed by atoms with Gasteiger partial charge < -0.3 is 16.2 Å². The number of rotatable bonds is 5. The van der Waals surface area contributed by atoms with E-state index in [9.17, 15) is 27.9 Å². The van der Waals surface area contributed by atoms with E-state index in [2.05, 4.69) is 20.3 Å². The van der Waals surface area contributed by atoms with Crippen LogP contribution in [0.5, 0.6) is 5.75 Å². The van der Waals surface area contributed by atoms with Crippen molar-refractivity contribution in [3.05, 3.63) is 94.8 Å². The second-order valence-electron chi connectivity index (χ2n) is 9.58. The number of aldehydes is 1. The highest BCUT2D eigenvalue weighted by Gasteiger charge is 2.34. The minimum Gasteiger partial charge on any atom is -0.507 e. The maximum atomic E-state index is 13.6. The maximum absolute atomic E-state index is 13.6. The van der Waals surface area contributed by atoms with Crippen LogP contribution in [0.4, 0.5) is 19.0 Å². The van der Waals surface area contributed by atoms with Gasteiger partial charge in [0.05, 0.1) is 17.2 Å². The zero-order chi connectivity index (χ0) is 28.9. The van der Waals surface area contributed by atoms with E-state index in [0.29, 0.717) is 36.2 Å². The average Bonchev–Trinajstić information content (AvgIpc) is 3.53. The molecule has 2 aromatic carbocycles. The normalized spacial score (nSPS) is 14.7. The van der Waals surface area contributed by atoms with Gasteiger partial charge in [-0.15, -0.1) is 0 Å². The lowest BCUT2D eigenvalue weighted by Crippen LogP contribution is -2.27. The highest BCUT2D eigenvalue weighted by molar-refractivity contribution is 5.96. The lowest BCUT2D eigenvalue weighted by molar-refractivity contribution is -0.141. The average molecular weight is 559 g/mol. The molecule has 9 nitrogen and oxygen atoms in total. The Morgan fingerprint density at radius 3 is 2.68 bits per heavy atom. The molecule has 12 heteroatoms. The van der Waals surface area contributed by atoms with Crippen LogP contribution in [0.2, 0.25) is 0 Å². The van der Waals surface area contributed by atoms with Crippen molar-refractivity contribution >= 4 is 29.2 Å². The summed E-state index contributed by atoms with van der Waals surface area (Å²) in [5.41, 5.74) is 8.28. The van der Waals surface area contributed by atoms with Crippen LogP contribution < -0.4 is 11.1 Å². The van der Waals surface area contributed by atoms with Crippen LogP contribution in [0.3, 0.4) is 0 Å². The predicted molar refractivity (Wildman–Crippen MR) is 144 cm³/mol. The summed E-state index contributed by atoms with van der Waals surface area (Å²) in [5.74, 6) is -0.171. The number of carbonyl (C=O) groups excluding carboxylic acids is 2. The van der Waals surface area contributed by atoms with Gasteiger partial charge in [0.2, 0.25) is 0 Å². The number of nitrogen functional groups attached to an aromatic ring is 1. The van der Waals surface area contributed by atoms with E-state index in [1.807, 2.05) is 12.1 Å². The first-order valence-corrected chi connectivity index (χ1v) is 12.5. The number of nitrogens with one attached hydrogen (secondary N) is 1. The number of anilines is 1. The summed E-state index contributed by atoms with van der Waals surface area (Å²) in [6.07, 6.45) is -1.48. The van der Waals surface area contributed by atoms with E-state index < -0.39 is 17.8 Å². The van der Waals surface area contributed by atoms with Gasteiger partial charge in [0, 0.05) is 17.4 Å². The van der Waals surface area contributed by atoms with Gasteiger partial charge in [-0.1, -0.05) is 6.07 Å². The number of amides is 1. The summed E-state index contributed by atoms with van der Waals surface area (Å²) in [4.78, 5) is 36.6. The highest BCUT2D eigenvalue weighted by Crippen LogP contribution is 2.37. The molecular weight excluding hydrogens is 537 g/mol. The molecule has 206 valence electrons. The third kappa shape index (κ3) is 4.62. The first-order chi connectivity index (χ1) is 19.6. The minimum absolute atomic E-state index is 0.00835. The standard InChI is InChI=1S/C29H21F3N6O3/c30-29(31,32)24-10-8-22-27(37-24)38(26(35-22)20-2-1-11-34-25(20)33)18-5-6-19-15(13-18)3-7-21(19)36-28(41)16-4-9-23(40)17(12-16)14-39/h1-2,4-6,8-14,21,40H,3,7H2,(H2,33,34)(H,36,41)/t21-/m0/s1.